The van der Waals surface area contributed by atoms with Gasteiger partial charge in [0.25, 0.3) is 11.6 Å². The van der Waals surface area contributed by atoms with Crippen molar-refractivity contribution in [3.8, 4) is 0 Å². The van der Waals surface area contributed by atoms with Crippen LogP contribution in [0.25, 0.3) is 0 Å². The van der Waals surface area contributed by atoms with Crippen molar-refractivity contribution in [3.05, 3.63) is 39.4 Å². The maximum Gasteiger partial charge on any atom is 0.308 e. The number of non-ortho nitro benzene ring substituents is 1. The zero-order valence-corrected chi connectivity index (χ0v) is 11.8. The lowest BCUT2D eigenvalue weighted by Gasteiger charge is -2.24. The number of nitro benzene ring substituents is 1. The van der Waals surface area contributed by atoms with Gasteiger partial charge in [-0.05, 0) is 25.8 Å². The van der Waals surface area contributed by atoms with Crippen molar-refractivity contribution in [1.82, 2.24) is 4.90 Å². The SMILES string of the molecule is Cc1ccc([N+](=O)[O-])cc1C(=O)N1CCC(C(=O)O)C1C. The fourth-order valence-corrected chi connectivity index (χ4v) is 2.67. The standard InChI is InChI=1S/C14H16N2O5/c1-8-3-4-10(16(20)21)7-12(8)13(17)15-6-5-11(9(15)2)14(18)19/h3-4,7,9,11H,5-6H2,1-2H3,(H,18,19). The highest BCUT2D eigenvalue weighted by atomic mass is 16.6. The lowest BCUT2D eigenvalue weighted by atomic mass is 10.0. The molecule has 1 aliphatic heterocycles. The van der Waals surface area contributed by atoms with Gasteiger partial charge in [-0.15, -0.1) is 0 Å². The lowest BCUT2D eigenvalue weighted by Crippen LogP contribution is -2.38. The Balaban J connectivity index is 2.31. The van der Waals surface area contributed by atoms with Crippen molar-refractivity contribution in [2.75, 3.05) is 6.54 Å². The zero-order valence-electron chi connectivity index (χ0n) is 11.8. The number of carboxylic acid groups (broad SMARTS) is 1. The number of benzene rings is 1. The number of aliphatic carboxylic acids is 1. The van der Waals surface area contributed by atoms with Crippen molar-refractivity contribution in [1.29, 1.82) is 0 Å². The molecule has 1 fully saturated rings. The van der Waals surface area contributed by atoms with Crippen molar-refractivity contribution >= 4 is 17.6 Å². The molecule has 0 saturated carbocycles. The van der Waals surface area contributed by atoms with Crippen LogP contribution in [0.1, 0.15) is 29.3 Å². The quantitative estimate of drug-likeness (QED) is 0.676. The Morgan fingerprint density at radius 3 is 2.62 bits per heavy atom. The van der Waals surface area contributed by atoms with E-state index in [-0.39, 0.29) is 17.2 Å². The third-order valence-electron chi connectivity index (χ3n) is 4.00. The molecule has 0 bridgehead atoms. The summed E-state index contributed by atoms with van der Waals surface area (Å²) < 4.78 is 0. The van der Waals surface area contributed by atoms with Crippen molar-refractivity contribution in [3.63, 3.8) is 0 Å². The maximum atomic E-state index is 12.5. The molecule has 1 aromatic rings. The average Bonchev–Trinajstić information content (AvgIpc) is 2.80. The number of carbonyl (C=O) groups is 2. The normalized spacial score (nSPS) is 21.3. The van der Waals surface area contributed by atoms with Gasteiger partial charge in [0.05, 0.1) is 10.8 Å². The van der Waals surface area contributed by atoms with E-state index < -0.39 is 22.9 Å². The molecule has 1 aromatic carbocycles. The molecular formula is C14H16N2O5. The van der Waals surface area contributed by atoms with E-state index in [1.165, 1.54) is 23.1 Å². The molecule has 1 amide bonds. The van der Waals surface area contributed by atoms with Gasteiger partial charge >= 0.3 is 5.97 Å². The number of hydrogen-bond donors (Lipinski definition) is 1. The summed E-state index contributed by atoms with van der Waals surface area (Å²) in [5.74, 6) is -1.87. The second kappa shape index (κ2) is 5.51. The van der Waals surface area contributed by atoms with Gasteiger partial charge in [-0.1, -0.05) is 6.07 Å². The number of carbonyl (C=O) groups excluding carboxylic acids is 1. The first-order valence-electron chi connectivity index (χ1n) is 6.61. The number of hydrogen-bond acceptors (Lipinski definition) is 4. The molecule has 7 heteroatoms. The van der Waals surface area contributed by atoms with Crippen molar-refractivity contribution in [2.45, 2.75) is 26.3 Å². The van der Waals surface area contributed by atoms with Gasteiger partial charge in [-0.3, -0.25) is 19.7 Å². The molecular weight excluding hydrogens is 276 g/mol. The minimum Gasteiger partial charge on any atom is -0.481 e. The van der Waals surface area contributed by atoms with Gasteiger partial charge in [0, 0.05) is 30.3 Å². The van der Waals surface area contributed by atoms with E-state index in [9.17, 15) is 19.7 Å². The van der Waals surface area contributed by atoms with Gasteiger partial charge in [0.15, 0.2) is 0 Å². The Morgan fingerprint density at radius 1 is 1.43 bits per heavy atom. The van der Waals surface area contributed by atoms with E-state index in [0.717, 1.165) is 0 Å². The van der Waals surface area contributed by atoms with E-state index in [1.54, 1.807) is 13.8 Å². The number of nitro groups is 1. The second-order valence-corrected chi connectivity index (χ2v) is 5.23. The Morgan fingerprint density at radius 2 is 2.10 bits per heavy atom. The summed E-state index contributed by atoms with van der Waals surface area (Å²) in [5, 5.41) is 19.9. The maximum absolute atomic E-state index is 12.5. The van der Waals surface area contributed by atoms with Gasteiger partial charge in [0.1, 0.15) is 0 Å². The highest BCUT2D eigenvalue weighted by Crippen LogP contribution is 2.28. The van der Waals surface area contributed by atoms with Crippen LogP contribution >= 0.6 is 0 Å². The Bertz CT molecular complexity index is 613. The summed E-state index contributed by atoms with van der Waals surface area (Å²) in [6, 6.07) is 3.70. The Kier molecular flexibility index (Phi) is 3.93. The van der Waals surface area contributed by atoms with Crippen LogP contribution in [0, 0.1) is 23.0 Å². The smallest absolute Gasteiger partial charge is 0.308 e. The number of amides is 1. The van der Waals surface area contributed by atoms with Crippen LogP contribution in [-0.2, 0) is 4.79 Å². The van der Waals surface area contributed by atoms with Gasteiger partial charge in [0.2, 0.25) is 0 Å². The molecule has 21 heavy (non-hydrogen) atoms. The molecule has 7 nitrogen and oxygen atoms in total. The van der Waals surface area contributed by atoms with Crippen LogP contribution < -0.4 is 0 Å². The first-order chi connectivity index (χ1) is 9.82. The van der Waals surface area contributed by atoms with E-state index in [2.05, 4.69) is 0 Å². The molecule has 0 radical (unpaired) electrons. The van der Waals surface area contributed by atoms with Crippen LogP contribution in [0.4, 0.5) is 5.69 Å². The van der Waals surface area contributed by atoms with Gasteiger partial charge in [-0.25, -0.2) is 0 Å². The largest absolute Gasteiger partial charge is 0.481 e. The lowest BCUT2D eigenvalue weighted by molar-refractivity contribution is -0.384. The number of nitrogens with zero attached hydrogens (tertiary/aromatic N) is 2. The zero-order chi connectivity index (χ0) is 15.7. The highest BCUT2D eigenvalue weighted by molar-refractivity contribution is 5.97. The van der Waals surface area contributed by atoms with Crippen LogP contribution in [0.2, 0.25) is 0 Å². The predicted molar refractivity (Wildman–Crippen MR) is 74.1 cm³/mol. The summed E-state index contributed by atoms with van der Waals surface area (Å²) in [6.45, 7) is 3.74. The molecule has 0 aromatic heterocycles. The molecule has 0 spiro atoms. The minimum absolute atomic E-state index is 0.148. The monoisotopic (exact) mass is 292 g/mol. The molecule has 0 aliphatic carbocycles. The highest BCUT2D eigenvalue weighted by Gasteiger charge is 2.38. The van der Waals surface area contributed by atoms with Crippen LogP contribution in [0.15, 0.2) is 18.2 Å². The third kappa shape index (κ3) is 2.72. The first kappa shape index (κ1) is 15.0. The topological polar surface area (TPSA) is 101 Å². The van der Waals surface area contributed by atoms with Crippen LogP contribution in [0.3, 0.4) is 0 Å². The summed E-state index contributed by atoms with van der Waals surface area (Å²) in [6.07, 6.45) is 0.399. The van der Waals surface area contributed by atoms with Crippen molar-refractivity contribution < 1.29 is 19.6 Å². The molecule has 1 heterocycles. The summed E-state index contributed by atoms with van der Waals surface area (Å²) >= 11 is 0. The van der Waals surface area contributed by atoms with Gasteiger partial charge < -0.3 is 10.0 Å². The van der Waals surface area contributed by atoms with Gasteiger partial charge in [-0.2, -0.15) is 0 Å². The second-order valence-electron chi connectivity index (χ2n) is 5.23. The molecule has 1 aliphatic rings. The van der Waals surface area contributed by atoms with Crippen LogP contribution in [0.5, 0.6) is 0 Å². The Hall–Kier alpha value is -2.44. The molecule has 2 rings (SSSR count). The minimum atomic E-state index is -0.923. The molecule has 1 N–H and O–H groups in total. The van der Waals surface area contributed by atoms with E-state index in [1.807, 2.05) is 0 Å². The van der Waals surface area contributed by atoms with E-state index in [4.69, 9.17) is 5.11 Å². The molecule has 2 atom stereocenters. The summed E-state index contributed by atoms with van der Waals surface area (Å²) in [7, 11) is 0. The molecule has 112 valence electrons. The van der Waals surface area contributed by atoms with Crippen LogP contribution in [-0.4, -0.2) is 39.4 Å². The molecule has 1 saturated heterocycles. The number of aryl methyl sites for hydroxylation is 1. The predicted octanol–water partition coefficient (Wildman–Crippen LogP) is 1.84. The number of likely N-dealkylation sites (tertiary alicyclic amines) is 1. The third-order valence-corrected chi connectivity index (χ3v) is 4.00. The van der Waals surface area contributed by atoms with E-state index >= 15 is 0 Å². The number of rotatable bonds is 3. The Labute approximate surface area is 121 Å². The molecule has 2 unspecified atom stereocenters. The number of carboxylic acids is 1. The first-order valence-corrected chi connectivity index (χ1v) is 6.61. The summed E-state index contributed by atoms with van der Waals surface area (Å²) in [4.78, 5) is 35.4. The van der Waals surface area contributed by atoms with E-state index in [0.29, 0.717) is 18.5 Å². The van der Waals surface area contributed by atoms with Crippen molar-refractivity contribution in [2.24, 2.45) is 5.92 Å². The fraction of sp³-hybridized carbons (Fsp3) is 0.429. The summed E-state index contributed by atoms with van der Waals surface area (Å²) in [5.41, 5.74) is 0.740. The average molecular weight is 292 g/mol. The fourth-order valence-electron chi connectivity index (χ4n) is 2.67.